The zero-order valence-corrected chi connectivity index (χ0v) is 13.4. The molecule has 1 aliphatic rings. The fourth-order valence-electron chi connectivity index (χ4n) is 2.00. The zero-order valence-electron chi connectivity index (χ0n) is 11.0. The molecular weight excluding hydrogens is 313 g/mol. The van der Waals surface area contributed by atoms with Crippen LogP contribution < -0.4 is 5.32 Å². The average molecular weight is 339 g/mol. The van der Waals surface area contributed by atoms with E-state index in [1.54, 1.807) is 0 Å². The molecule has 1 aliphatic heterocycles. The van der Waals surface area contributed by atoms with Crippen LogP contribution in [0.1, 0.15) is 40.0 Å². The highest BCUT2D eigenvalue weighted by molar-refractivity contribution is 14.0. The van der Waals surface area contributed by atoms with E-state index in [2.05, 4.69) is 36.0 Å². The quantitative estimate of drug-likeness (QED) is 0.371. The largest absolute Gasteiger partial charge is 0.356 e. The van der Waals surface area contributed by atoms with Gasteiger partial charge in [-0.2, -0.15) is 0 Å². The van der Waals surface area contributed by atoms with Gasteiger partial charge >= 0.3 is 0 Å². The first kappa shape index (κ1) is 16.0. The van der Waals surface area contributed by atoms with Gasteiger partial charge in [0.2, 0.25) is 0 Å². The van der Waals surface area contributed by atoms with Crippen molar-refractivity contribution in [1.29, 1.82) is 0 Å². The summed E-state index contributed by atoms with van der Waals surface area (Å²) in [5.41, 5.74) is 0.447. The fraction of sp³-hybridized carbons (Fsp3) is 0.917. The number of aliphatic imine (C=N–C) groups is 1. The third kappa shape index (κ3) is 4.89. The predicted molar refractivity (Wildman–Crippen MR) is 81.7 cm³/mol. The number of halogens is 1. The summed E-state index contributed by atoms with van der Waals surface area (Å²) in [5, 5.41) is 3.43. The molecule has 1 fully saturated rings. The van der Waals surface area contributed by atoms with Gasteiger partial charge in [-0.15, -0.1) is 24.0 Å². The van der Waals surface area contributed by atoms with E-state index in [1.807, 2.05) is 7.05 Å². The molecule has 16 heavy (non-hydrogen) atoms. The number of hydrogen-bond donors (Lipinski definition) is 1. The summed E-state index contributed by atoms with van der Waals surface area (Å²) in [7, 11) is 1.87. The highest BCUT2D eigenvalue weighted by Gasteiger charge is 2.30. The first-order valence-electron chi connectivity index (χ1n) is 6.04. The maximum atomic E-state index is 4.34. The van der Waals surface area contributed by atoms with Crippen LogP contribution in [0.3, 0.4) is 0 Å². The van der Waals surface area contributed by atoms with Gasteiger partial charge in [0.15, 0.2) is 5.96 Å². The van der Waals surface area contributed by atoms with Crippen molar-refractivity contribution in [3.8, 4) is 0 Å². The van der Waals surface area contributed by atoms with Crippen molar-refractivity contribution in [1.82, 2.24) is 10.2 Å². The summed E-state index contributed by atoms with van der Waals surface area (Å²) in [4.78, 5) is 6.71. The highest BCUT2D eigenvalue weighted by atomic mass is 127. The molecule has 0 bridgehead atoms. The topological polar surface area (TPSA) is 27.6 Å². The maximum absolute atomic E-state index is 4.34. The molecule has 0 radical (unpaired) electrons. The van der Waals surface area contributed by atoms with Crippen molar-refractivity contribution in [2.45, 2.75) is 40.0 Å². The van der Waals surface area contributed by atoms with E-state index >= 15 is 0 Å². The second kappa shape index (κ2) is 7.35. The molecule has 4 heteroatoms. The molecule has 0 spiro atoms. The molecule has 0 aliphatic carbocycles. The number of hydrogen-bond acceptors (Lipinski definition) is 1. The molecule has 0 aromatic rings. The molecular formula is C12H26IN3. The van der Waals surface area contributed by atoms with E-state index in [0.717, 1.165) is 25.6 Å². The molecule has 0 aromatic carbocycles. The minimum atomic E-state index is 0. The molecule has 1 N–H and O–H groups in total. The summed E-state index contributed by atoms with van der Waals surface area (Å²) >= 11 is 0. The van der Waals surface area contributed by atoms with Crippen LogP contribution in [0.25, 0.3) is 0 Å². The molecule has 1 heterocycles. The third-order valence-corrected chi connectivity index (χ3v) is 3.00. The lowest BCUT2D eigenvalue weighted by molar-refractivity contribution is 0.370. The zero-order chi connectivity index (χ0) is 11.3. The highest BCUT2D eigenvalue weighted by Crippen LogP contribution is 2.28. The normalized spacial score (nSPS) is 19.5. The number of likely N-dealkylation sites (tertiary alicyclic amines) is 1. The van der Waals surface area contributed by atoms with Crippen LogP contribution in [0.4, 0.5) is 0 Å². The summed E-state index contributed by atoms with van der Waals surface area (Å²) in [6.45, 7) is 10.2. The Bertz CT molecular complexity index is 226. The monoisotopic (exact) mass is 339 g/mol. The Morgan fingerprint density at radius 1 is 1.44 bits per heavy atom. The van der Waals surface area contributed by atoms with Crippen molar-refractivity contribution in [3.63, 3.8) is 0 Å². The van der Waals surface area contributed by atoms with E-state index in [9.17, 15) is 0 Å². The summed E-state index contributed by atoms with van der Waals surface area (Å²) in [6, 6.07) is 0. The molecule has 0 unspecified atom stereocenters. The molecule has 0 saturated carbocycles. The lowest BCUT2D eigenvalue weighted by Gasteiger charge is -2.23. The molecule has 1 rings (SSSR count). The van der Waals surface area contributed by atoms with E-state index in [4.69, 9.17) is 0 Å². The van der Waals surface area contributed by atoms with Gasteiger partial charge in [-0.05, 0) is 18.3 Å². The minimum Gasteiger partial charge on any atom is -0.356 e. The van der Waals surface area contributed by atoms with Crippen molar-refractivity contribution in [2.24, 2.45) is 10.4 Å². The van der Waals surface area contributed by atoms with Crippen LogP contribution in [0.15, 0.2) is 4.99 Å². The first-order chi connectivity index (χ1) is 7.09. The molecule has 1 saturated heterocycles. The van der Waals surface area contributed by atoms with E-state index in [0.29, 0.717) is 5.41 Å². The van der Waals surface area contributed by atoms with Gasteiger partial charge in [0.25, 0.3) is 0 Å². The lowest BCUT2D eigenvalue weighted by Crippen LogP contribution is -2.41. The van der Waals surface area contributed by atoms with Crippen LogP contribution in [-0.4, -0.2) is 37.5 Å². The van der Waals surface area contributed by atoms with E-state index in [-0.39, 0.29) is 24.0 Å². The summed E-state index contributed by atoms with van der Waals surface area (Å²) < 4.78 is 0. The van der Waals surface area contributed by atoms with Gasteiger partial charge in [0.1, 0.15) is 0 Å². The Morgan fingerprint density at radius 2 is 2.12 bits per heavy atom. The molecule has 0 atom stereocenters. The van der Waals surface area contributed by atoms with Crippen molar-refractivity contribution >= 4 is 29.9 Å². The first-order valence-corrected chi connectivity index (χ1v) is 6.04. The van der Waals surface area contributed by atoms with Crippen LogP contribution in [0, 0.1) is 5.41 Å². The number of unbranched alkanes of at least 4 members (excludes halogenated alkanes) is 1. The predicted octanol–water partition coefficient (Wildman–Crippen LogP) is 2.71. The number of rotatable bonds is 3. The van der Waals surface area contributed by atoms with Gasteiger partial charge in [-0.3, -0.25) is 4.99 Å². The van der Waals surface area contributed by atoms with Crippen LogP contribution in [0.2, 0.25) is 0 Å². The molecule has 96 valence electrons. The summed E-state index contributed by atoms with van der Waals surface area (Å²) in [5.74, 6) is 1.08. The smallest absolute Gasteiger partial charge is 0.193 e. The number of nitrogens with one attached hydrogen (secondary N) is 1. The molecule has 0 aromatic heterocycles. The third-order valence-electron chi connectivity index (χ3n) is 3.00. The second-order valence-corrected chi connectivity index (χ2v) is 5.16. The van der Waals surface area contributed by atoms with Gasteiger partial charge in [0.05, 0.1) is 0 Å². The lowest BCUT2D eigenvalue weighted by atomic mass is 9.93. The van der Waals surface area contributed by atoms with Gasteiger partial charge in [-0.25, -0.2) is 0 Å². The SMILES string of the molecule is CCCCNC(=NC)N1CCC(C)(C)C1.I. The number of guanidine groups is 1. The van der Waals surface area contributed by atoms with Crippen molar-refractivity contribution < 1.29 is 0 Å². The van der Waals surface area contributed by atoms with E-state index < -0.39 is 0 Å². The molecule has 3 nitrogen and oxygen atoms in total. The fourth-order valence-corrected chi connectivity index (χ4v) is 2.00. The Labute approximate surface area is 117 Å². The van der Waals surface area contributed by atoms with Crippen molar-refractivity contribution in [3.05, 3.63) is 0 Å². The Hall–Kier alpha value is 0. The Balaban J connectivity index is 0.00000225. The van der Waals surface area contributed by atoms with Crippen LogP contribution in [-0.2, 0) is 0 Å². The maximum Gasteiger partial charge on any atom is 0.193 e. The standard InChI is InChI=1S/C12H25N3.HI/c1-5-6-8-14-11(13-4)15-9-7-12(2,3)10-15;/h5-10H2,1-4H3,(H,13,14);1H. The number of nitrogens with zero attached hydrogens (tertiary/aromatic N) is 2. The van der Waals surface area contributed by atoms with Gasteiger partial charge in [-0.1, -0.05) is 27.2 Å². The van der Waals surface area contributed by atoms with Crippen LogP contribution >= 0.6 is 24.0 Å². The summed E-state index contributed by atoms with van der Waals surface area (Å²) in [6.07, 6.45) is 3.72. The Kier molecular flexibility index (Phi) is 7.35. The van der Waals surface area contributed by atoms with Gasteiger partial charge in [0, 0.05) is 26.7 Å². The van der Waals surface area contributed by atoms with E-state index in [1.165, 1.54) is 19.3 Å². The molecule has 0 amide bonds. The minimum absolute atomic E-state index is 0. The van der Waals surface area contributed by atoms with Crippen molar-refractivity contribution in [2.75, 3.05) is 26.7 Å². The average Bonchev–Trinajstić information content (AvgIpc) is 2.54. The van der Waals surface area contributed by atoms with Gasteiger partial charge < -0.3 is 10.2 Å². The van der Waals surface area contributed by atoms with Crippen LogP contribution in [0.5, 0.6) is 0 Å². The Morgan fingerprint density at radius 3 is 2.56 bits per heavy atom. The second-order valence-electron chi connectivity index (χ2n) is 5.16.